The Kier molecular flexibility index (Phi) is 5.02. The fourth-order valence-electron chi connectivity index (χ4n) is 4.23. The van der Waals surface area contributed by atoms with Crippen LogP contribution in [0.5, 0.6) is 0 Å². The molecule has 0 bridgehead atoms. The van der Waals surface area contributed by atoms with Crippen LogP contribution in [-0.2, 0) is 11.3 Å². The van der Waals surface area contributed by atoms with E-state index in [0.29, 0.717) is 24.7 Å². The molecule has 0 atom stereocenters. The molecule has 0 aliphatic carbocycles. The summed E-state index contributed by atoms with van der Waals surface area (Å²) in [5, 5.41) is 4.17. The van der Waals surface area contributed by atoms with Crippen LogP contribution in [0.2, 0.25) is 0 Å². The fraction of sp³-hybridized carbons (Fsp3) is 0.333. The van der Waals surface area contributed by atoms with Crippen molar-refractivity contribution in [3.05, 3.63) is 53.9 Å². The van der Waals surface area contributed by atoms with E-state index in [1.165, 1.54) is 5.56 Å². The molecule has 7 heteroatoms. The van der Waals surface area contributed by atoms with Gasteiger partial charge in [0.15, 0.2) is 0 Å². The molecule has 1 amide bonds. The standard InChI is InChI=1S/C24H25N5O2/c1-16-5-7-19(17(2)13-16)24-26-23(27-31-24)18-6-8-21-20(14-18)25-15-29(21)12-9-22(30)28-10-3-4-11-28/h5-8,13-15H,3-4,9-12H2,1-2H3. The average Bonchev–Trinajstić information content (AvgIpc) is 3.52. The second-order valence-corrected chi connectivity index (χ2v) is 8.22. The maximum atomic E-state index is 12.3. The van der Waals surface area contributed by atoms with Crippen LogP contribution < -0.4 is 0 Å². The zero-order valence-electron chi connectivity index (χ0n) is 17.8. The Labute approximate surface area is 180 Å². The number of hydrogen-bond acceptors (Lipinski definition) is 5. The van der Waals surface area contributed by atoms with Crippen molar-refractivity contribution in [1.29, 1.82) is 0 Å². The minimum atomic E-state index is 0.224. The van der Waals surface area contributed by atoms with Gasteiger partial charge in [0.05, 0.1) is 17.4 Å². The van der Waals surface area contributed by atoms with Crippen molar-refractivity contribution in [2.75, 3.05) is 13.1 Å². The first-order chi connectivity index (χ1) is 15.1. The van der Waals surface area contributed by atoms with Crippen LogP contribution in [-0.4, -0.2) is 43.6 Å². The summed E-state index contributed by atoms with van der Waals surface area (Å²) in [4.78, 5) is 23.4. The molecule has 0 saturated carbocycles. The van der Waals surface area contributed by atoms with Crippen molar-refractivity contribution in [3.63, 3.8) is 0 Å². The molecule has 1 fully saturated rings. The minimum absolute atomic E-state index is 0.224. The Hall–Kier alpha value is -3.48. The quantitative estimate of drug-likeness (QED) is 0.483. The van der Waals surface area contributed by atoms with E-state index >= 15 is 0 Å². The molecule has 1 aliphatic rings. The molecule has 1 aliphatic heterocycles. The molecule has 4 aromatic rings. The third kappa shape index (κ3) is 3.83. The van der Waals surface area contributed by atoms with E-state index in [1.54, 1.807) is 6.33 Å². The van der Waals surface area contributed by atoms with Crippen LogP contribution in [0.3, 0.4) is 0 Å². The number of aromatic nitrogens is 4. The number of amides is 1. The van der Waals surface area contributed by atoms with Crippen LogP contribution in [0, 0.1) is 13.8 Å². The first-order valence-electron chi connectivity index (χ1n) is 10.7. The molecule has 2 aromatic heterocycles. The minimum Gasteiger partial charge on any atom is -0.343 e. The highest BCUT2D eigenvalue weighted by molar-refractivity contribution is 5.81. The van der Waals surface area contributed by atoms with Crippen molar-refractivity contribution < 1.29 is 9.32 Å². The van der Waals surface area contributed by atoms with Gasteiger partial charge in [-0.05, 0) is 56.5 Å². The molecule has 1 saturated heterocycles. The summed E-state index contributed by atoms with van der Waals surface area (Å²) in [5.74, 6) is 1.27. The lowest BCUT2D eigenvalue weighted by atomic mass is 10.1. The molecule has 7 nitrogen and oxygen atoms in total. The van der Waals surface area contributed by atoms with Gasteiger partial charge in [0, 0.05) is 37.2 Å². The van der Waals surface area contributed by atoms with Gasteiger partial charge in [0.2, 0.25) is 11.7 Å². The number of rotatable bonds is 5. The maximum Gasteiger partial charge on any atom is 0.258 e. The summed E-state index contributed by atoms with van der Waals surface area (Å²) in [6.07, 6.45) is 4.52. The highest BCUT2D eigenvalue weighted by Crippen LogP contribution is 2.27. The fourth-order valence-corrected chi connectivity index (χ4v) is 4.23. The van der Waals surface area contributed by atoms with Gasteiger partial charge in [0.25, 0.3) is 5.89 Å². The Bertz CT molecular complexity index is 1250. The van der Waals surface area contributed by atoms with Crippen LogP contribution in [0.15, 0.2) is 47.2 Å². The molecule has 0 unspecified atom stereocenters. The summed E-state index contributed by atoms with van der Waals surface area (Å²) < 4.78 is 7.56. The summed E-state index contributed by atoms with van der Waals surface area (Å²) in [6.45, 7) is 6.51. The summed E-state index contributed by atoms with van der Waals surface area (Å²) >= 11 is 0. The monoisotopic (exact) mass is 415 g/mol. The number of hydrogen-bond donors (Lipinski definition) is 0. The molecule has 31 heavy (non-hydrogen) atoms. The molecule has 0 radical (unpaired) electrons. The summed E-state index contributed by atoms with van der Waals surface area (Å²) in [7, 11) is 0. The molecular weight excluding hydrogens is 390 g/mol. The van der Waals surface area contributed by atoms with E-state index in [4.69, 9.17) is 4.52 Å². The van der Waals surface area contributed by atoms with Gasteiger partial charge in [-0.25, -0.2) is 4.98 Å². The first-order valence-corrected chi connectivity index (χ1v) is 10.7. The van der Waals surface area contributed by atoms with Crippen LogP contribution in [0.4, 0.5) is 0 Å². The second kappa shape index (κ2) is 7.98. The topological polar surface area (TPSA) is 77.1 Å². The molecule has 3 heterocycles. The Morgan fingerprint density at radius 1 is 1.10 bits per heavy atom. The number of nitrogens with zero attached hydrogens (tertiary/aromatic N) is 5. The zero-order valence-corrected chi connectivity index (χ0v) is 17.8. The molecular formula is C24H25N5O2. The van der Waals surface area contributed by atoms with Crippen molar-refractivity contribution in [2.24, 2.45) is 0 Å². The van der Waals surface area contributed by atoms with Gasteiger partial charge in [0.1, 0.15) is 0 Å². The largest absolute Gasteiger partial charge is 0.343 e. The van der Waals surface area contributed by atoms with Gasteiger partial charge < -0.3 is 14.0 Å². The number of carbonyl (C=O) groups excluding carboxylic acids is 1. The van der Waals surface area contributed by atoms with Gasteiger partial charge >= 0.3 is 0 Å². The zero-order chi connectivity index (χ0) is 21.4. The number of likely N-dealkylation sites (tertiary alicyclic amines) is 1. The SMILES string of the molecule is Cc1ccc(-c2nc(-c3ccc4c(c3)ncn4CCC(=O)N3CCCC3)no2)c(C)c1. The van der Waals surface area contributed by atoms with E-state index in [-0.39, 0.29) is 5.91 Å². The summed E-state index contributed by atoms with van der Waals surface area (Å²) in [5.41, 5.74) is 5.94. The third-order valence-electron chi connectivity index (χ3n) is 5.94. The van der Waals surface area contributed by atoms with Gasteiger partial charge in [-0.2, -0.15) is 4.98 Å². The van der Waals surface area contributed by atoms with Crippen molar-refractivity contribution in [3.8, 4) is 22.8 Å². The number of carbonyl (C=O) groups is 1. The second-order valence-electron chi connectivity index (χ2n) is 8.22. The number of aryl methyl sites for hydroxylation is 3. The highest BCUT2D eigenvalue weighted by Gasteiger charge is 2.18. The van der Waals surface area contributed by atoms with Crippen molar-refractivity contribution in [1.82, 2.24) is 24.6 Å². The number of benzene rings is 2. The lowest BCUT2D eigenvalue weighted by Crippen LogP contribution is -2.28. The smallest absolute Gasteiger partial charge is 0.258 e. The van der Waals surface area contributed by atoms with E-state index in [9.17, 15) is 4.79 Å². The maximum absolute atomic E-state index is 12.3. The Balaban J connectivity index is 1.35. The van der Waals surface area contributed by atoms with Crippen LogP contribution in [0.1, 0.15) is 30.4 Å². The Morgan fingerprint density at radius 3 is 2.74 bits per heavy atom. The normalized spacial score (nSPS) is 13.9. The summed E-state index contributed by atoms with van der Waals surface area (Å²) in [6, 6.07) is 12.1. The predicted octanol–water partition coefficient (Wildman–Crippen LogP) is 4.38. The highest BCUT2D eigenvalue weighted by atomic mass is 16.5. The predicted molar refractivity (Wildman–Crippen MR) is 118 cm³/mol. The lowest BCUT2D eigenvalue weighted by molar-refractivity contribution is -0.130. The van der Waals surface area contributed by atoms with Crippen LogP contribution >= 0.6 is 0 Å². The molecule has 2 aromatic carbocycles. The van der Waals surface area contributed by atoms with Crippen molar-refractivity contribution >= 4 is 16.9 Å². The van der Waals surface area contributed by atoms with E-state index in [1.807, 2.05) is 46.7 Å². The third-order valence-corrected chi connectivity index (χ3v) is 5.94. The van der Waals surface area contributed by atoms with Gasteiger partial charge in [-0.15, -0.1) is 0 Å². The van der Waals surface area contributed by atoms with Gasteiger partial charge in [-0.3, -0.25) is 4.79 Å². The van der Waals surface area contributed by atoms with E-state index < -0.39 is 0 Å². The van der Waals surface area contributed by atoms with Gasteiger partial charge in [-0.1, -0.05) is 22.9 Å². The van der Waals surface area contributed by atoms with Crippen molar-refractivity contribution in [2.45, 2.75) is 39.7 Å². The molecule has 0 N–H and O–H groups in total. The molecule has 5 rings (SSSR count). The lowest BCUT2D eigenvalue weighted by Gasteiger charge is -2.15. The number of imidazole rings is 1. The Morgan fingerprint density at radius 2 is 1.94 bits per heavy atom. The first kappa shape index (κ1) is 19.5. The van der Waals surface area contributed by atoms with Crippen LogP contribution in [0.25, 0.3) is 33.9 Å². The van der Waals surface area contributed by atoms with E-state index in [2.05, 4.69) is 28.1 Å². The van der Waals surface area contributed by atoms with E-state index in [0.717, 1.165) is 53.7 Å². The molecule has 158 valence electrons. The number of fused-ring (bicyclic) bond motifs is 1. The average molecular weight is 415 g/mol. The molecule has 0 spiro atoms.